The Morgan fingerprint density at radius 1 is 0.923 bits per heavy atom. The lowest BCUT2D eigenvalue weighted by atomic mass is 9.81. The largest absolute Gasteiger partial charge is 0.444 e. The number of hydrogen-bond donors (Lipinski definition) is 4. The van der Waals surface area contributed by atoms with E-state index in [0.29, 0.717) is 55.7 Å². The molecular weight excluding hydrogens is 656 g/mol. The molecule has 0 spiro atoms. The van der Waals surface area contributed by atoms with E-state index in [1.165, 1.54) is 5.56 Å². The number of carbonyl (C=O) groups excluding carboxylic acids is 3. The van der Waals surface area contributed by atoms with Crippen molar-refractivity contribution < 1.29 is 23.9 Å². The van der Waals surface area contributed by atoms with Gasteiger partial charge in [-0.15, -0.1) is 0 Å². The number of anilines is 1. The standard InChI is InChI=1S/C41H52N6O5/c1-26(2)33-12-7-8-13-34(33)31-11-9-10-28(22-31)23-35(39(49)43-32-20-18-29(19-21-32)37-45-36(25-51-6)46-47-37)44-38(48)30-16-14-27(15-17-30)24-42-40(50)52-41(3,4)5/h7-13,18-22,26-27,30,35H,14-17,23-25H2,1-6H3,(H,42,50)(H,43,49)(H,44,48)(H,45,46,47). The number of aromatic amines is 1. The van der Waals surface area contributed by atoms with Gasteiger partial charge in [-0.05, 0) is 105 Å². The molecule has 276 valence electrons. The van der Waals surface area contributed by atoms with Crippen molar-refractivity contribution in [2.75, 3.05) is 19.0 Å². The summed E-state index contributed by atoms with van der Waals surface area (Å²) in [6, 6.07) is 23.1. The molecule has 1 atom stereocenters. The Bertz CT molecular complexity index is 1800. The molecule has 1 saturated carbocycles. The van der Waals surface area contributed by atoms with Crippen LogP contribution in [0.1, 0.15) is 83.2 Å². The van der Waals surface area contributed by atoms with Crippen LogP contribution in [0.5, 0.6) is 0 Å². The summed E-state index contributed by atoms with van der Waals surface area (Å²) in [6.45, 7) is 10.7. The quantitative estimate of drug-likeness (QED) is 0.113. The first kappa shape index (κ1) is 38.2. The molecule has 1 aliphatic carbocycles. The maximum absolute atomic E-state index is 13.9. The van der Waals surface area contributed by atoms with Gasteiger partial charge in [0.15, 0.2) is 11.6 Å². The summed E-state index contributed by atoms with van der Waals surface area (Å²) in [6.07, 6.45) is 2.84. The van der Waals surface area contributed by atoms with Gasteiger partial charge >= 0.3 is 6.09 Å². The number of amides is 3. The van der Waals surface area contributed by atoms with Crippen molar-refractivity contribution in [2.45, 2.75) is 90.9 Å². The summed E-state index contributed by atoms with van der Waals surface area (Å²) in [5.41, 5.74) is 5.25. The number of ether oxygens (including phenoxy) is 2. The van der Waals surface area contributed by atoms with Crippen molar-refractivity contribution in [3.05, 3.63) is 89.7 Å². The molecule has 11 heteroatoms. The van der Waals surface area contributed by atoms with Gasteiger partial charge in [0.2, 0.25) is 11.8 Å². The summed E-state index contributed by atoms with van der Waals surface area (Å²) in [5.74, 6) is 1.11. The predicted molar refractivity (Wildman–Crippen MR) is 202 cm³/mol. The number of aromatic nitrogens is 3. The van der Waals surface area contributed by atoms with Gasteiger partial charge in [-0.3, -0.25) is 14.7 Å². The van der Waals surface area contributed by atoms with E-state index in [1.807, 2.05) is 51.1 Å². The van der Waals surface area contributed by atoms with E-state index in [4.69, 9.17) is 9.47 Å². The number of carbonyl (C=O) groups is 3. The molecule has 1 fully saturated rings. The highest BCUT2D eigenvalue weighted by Gasteiger charge is 2.30. The Morgan fingerprint density at radius 2 is 1.65 bits per heavy atom. The number of alkyl carbamates (subject to hydrolysis) is 1. The number of nitrogens with one attached hydrogen (secondary N) is 4. The monoisotopic (exact) mass is 708 g/mol. The van der Waals surface area contributed by atoms with E-state index >= 15 is 0 Å². The molecule has 1 aromatic heterocycles. The lowest BCUT2D eigenvalue weighted by Gasteiger charge is -2.29. The minimum absolute atomic E-state index is 0.133. The number of benzene rings is 3. The van der Waals surface area contributed by atoms with Gasteiger partial charge in [0.05, 0.1) is 0 Å². The van der Waals surface area contributed by atoms with Crippen molar-refractivity contribution >= 4 is 23.6 Å². The number of methoxy groups -OCH3 is 1. The minimum atomic E-state index is -0.807. The second kappa shape index (κ2) is 17.5. The van der Waals surface area contributed by atoms with E-state index in [-0.39, 0.29) is 23.7 Å². The summed E-state index contributed by atoms with van der Waals surface area (Å²) in [5, 5.41) is 16.1. The van der Waals surface area contributed by atoms with Crippen molar-refractivity contribution in [1.82, 2.24) is 25.8 Å². The highest BCUT2D eigenvalue weighted by Crippen LogP contribution is 2.31. The van der Waals surface area contributed by atoms with Crippen LogP contribution in [0.4, 0.5) is 10.5 Å². The van der Waals surface area contributed by atoms with Gasteiger partial charge in [-0.2, -0.15) is 5.10 Å². The predicted octanol–water partition coefficient (Wildman–Crippen LogP) is 7.41. The van der Waals surface area contributed by atoms with Crippen molar-refractivity contribution in [1.29, 1.82) is 0 Å². The Balaban J connectivity index is 1.28. The molecule has 0 saturated heterocycles. The van der Waals surface area contributed by atoms with Crippen LogP contribution in [0.25, 0.3) is 22.5 Å². The van der Waals surface area contributed by atoms with Gasteiger partial charge < -0.3 is 25.4 Å². The third-order valence-electron chi connectivity index (χ3n) is 9.27. The number of hydrogen-bond acceptors (Lipinski definition) is 7. The fourth-order valence-corrected chi connectivity index (χ4v) is 6.59. The summed E-state index contributed by atoms with van der Waals surface area (Å²) < 4.78 is 10.5. The van der Waals surface area contributed by atoms with E-state index in [2.05, 4.69) is 75.3 Å². The topological polar surface area (TPSA) is 147 Å². The van der Waals surface area contributed by atoms with Crippen molar-refractivity contribution in [2.24, 2.45) is 11.8 Å². The Hall–Kier alpha value is -5.03. The first-order chi connectivity index (χ1) is 24.9. The second-order valence-electron chi connectivity index (χ2n) is 14.9. The van der Waals surface area contributed by atoms with E-state index in [9.17, 15) is 14.4 Å². The summed E-state index contributed by atoms with van der Waals surface area (Å²) >= 11 is 0. The SMILES string of the molecule is COCc1nc(-c2ccc(NC(=O)C(Cc3cccc(-c4ccccc4C(C)C)c3)NC(=O)C3CCC(CNC(=O)OC(C)(C)C)CC3)cc2)n[nH]1. The van der Waals surface area contributed by atoms with Gasteiger partial charge in [0.25, 0.3) is 0 Å². The van der Waals surface area contributed by atoms with Crippen molar-refractivity contribution in [3.63, 3.8) is 0 Å². The highest BCUT2D eigenvalue weighted by molar-refractivity contribution is 5.97. The molecule has 1 unspecified atom stereocenters. The average molecular weight is 709 g/mol. The van der Waals surface area contributed by atoms with Crippen LogP contribution in [-0.4, -0.2) is 58.4 Å². The van der Waals surface area contributed by atoms with Gasteiger partial charge in [0.1, 0.15) is 18.2 Å². The molecule has 52 heavy (non-hydrogen) atoms. The third kappa shape index (κ3) is 10.7. The van der Waals surface area contributed by atoms with Crippen LogP contribution in [-0.2, 0) is 32.1 Å². The van der Waals surface area contributed by atoms with E-state index in [0.717, 1.165) is 35.1 Å². The zero-order valence-electron chi connectivity index (χ0n) is 31.1. The maximum atomic E-state index is 13.9. The molecule has 1 aliphatic rings. The Morgan fingerprint density at radius 3 is 2.35 bits per heavy atom. The fraction of sp³-hybridized carbons (Fsp3) is 0.439. The smallest absolute Gasteiger partial charge is 0.407 e. The van der Waals surface area contributed by atoms with Gasteiger partial charge in [-0.1, -0.05) is 62.4 Å². The Kier molecular flexibility index (Phi) is 12.8. The second-order valence-corrected chi connectivity index (χ2v) is 14.9. The third-order valence-corrected chi connectivity index (χ3v) is 9.27. The molecule has 4 aromatic rings. The zero-order chi connectivity index (χ0) is 37.3. The molecule has 0 radical (unpaired) electrons. The summed E-state index contributed by atoms with van der Waals surface area (Å²) in [4.78, 5) is 44.3. The highest BCUT2D eigenvalue weighted by atomic mass is 16.6. The van der Waals surface area contributed by atoms with Crippen molar-refractivity contribution in [3.8, 4) is 22.5 Å². The lowest BCUT2D eigenvalue weighted by Crippen LogP contribution is -2.48. The lowest BCUT2D eigenvalue weighted by molar-refractivity contribution is -0.130. The van der Waals surface area contributed by atoms with Crippen LogP contribution >= 0.6 is 0 Å². The average Bonchev–Trinajstić information content (AvgIpc) is 3.59. The van der Waals surface area contributed by atoms with E-state index in [1.54, 1.807) is 19.2 Å². The van der Waals surface area contributed by atoms with E-state index < -0.39 is 17.7 Å². The first-order valence-corrected chi connectivity index (χ1v) is 18.2. The van der Waals surface area contributed by atoms with Crippen LogP contribution in [0.2, 0.25) is 0 Å². The number of nitrogens with zero attached hydrogens (tertiary/aromatic N) is 2. The van der Waals surface area contributed by atoms with Gasteiger partial charge in [0, 0.05) is 37.2 Å². The Labute approximate surface area is 306 Å². The number of H-pyrrole nitrogens is 1. The molecule has 1 heterocycles. The summed E-state index contributed by atoms with van der Waals surface area (Å²) in [7, 11) is 1.59. The van der Waals surface area contributed by atoms with Crippen LogP contribution in [0, 0.1) is 11.8 Å². The fourth-order valence-electron chi connectivity index (χ4n) is 6.59. The molecule has 3 aromatic carbocycles. The maximum Gasteiger partial charge on any atom is 0.407 e. The molecule has 11 nitrogen and oxygen atoms in total. The van der Waals surface area contributed by atoms with Gasteiger partial charge in [-0.25, -0.2) is 9.78 Å². The molecule has 0 aliphatic heterocycles. The minimum Gasteiger partial charge on any atom is -0.444 e. The molecular formula is C41H52N6O5. The van der Waals surface area contributed by atoms with Crippen LogP contribution in [0.15, 0.2) is 72.8 Å². The van der Waals surface area contributed by atoms with Crippen LogP contribution in [0.3, 0.4) is 0 Å². The molecule has 5 rings (SSSR count). The zero-order valence-corrected chi connectivity index (χ0v) is 31.1. The first-order valence-electron chi connectivity index (χ1n) is 18.2. The molecule has 4 N–H and O–H groups in total. The number of rotatable bonds is 13. The normalized spacial score (nSPS) is 16.6. The molecule has 0 bridgehead atoms. The van der Waals surface area contributed by atoms with Crippen LogP contribution < -0.4 is 16.0 Å². The molecule has 3 amide bonds.